The predicted molar refractivity (Wildman–Crippen MR) is 82.6 cm³/mol. The Hall–Kier alpha value is -0.860. The topological polar surface area (TPSA) is 15.3 Å². The van der Waals surface area contributed by atoms with Crippen LogP contribution in [-0.2, 0) is 0 Å². The van der Waals surface area contributed by atoms with E-state index in [1.54, 1.807) is 0 Å². The van der Waals surface area contributed by atoms with Crippen LogP contribution in [0.5, 0.6) is 0 Å². The minimum Gasteiger partial charge on any atom is -0.312 e. The summed E-state index contributed by atoms with van der Waals surface area (Å²) in [7, 11) is 0. The molecule has 0 spiro atoms. The molecular formula is C17H28N2. The van der Waals surface area contributed by atoms with Gasteiger partial charge in [-0.2, -0.15) is 0 Å². The Bertz CT molecular complexity index is 380. The van der Waals surface area contributed by atoms with Crippen LogP contribution in [0.15, 0.2) is 30.3 Å². The number of benzene rings is 1. The molecule has 1 aliphatic rings. The van der Waals surface area contributed by atoms with Gasteiger partial charge < -0.3 is 5.32 Å². The third-order valence-electron chi connectivity index (χ3n) is 4.26. The Labute approximate surface area is 118 Å². The van der Waals surface area contributed by atoms with Gasteiger partial charge in [-0.3, -0.25) is 4.90 Å². The normalized spacial score (nSPS) is 25.5. The van der Waals surface area contributed by atoms with E-state index in [1.165, 1.54) is 18.5 Å². The molecule has 1 aromatic rings. The van der Waals surface area contributed by atoms with Crippen LogP contribution in [0, 0.1) is 0 Å². The van der Waals surface area contributed by atoms with Crippen molar-refractivity contribution in [2.75, 3.05) is 19.6 Å². The summed E-state index contributed by atoms with van der Waals surface area (Å²) in [6.07, 6.45) is 1.25. The first kappa shape index (κ1) is 14.5. The van der Waals surface area contributed by atoms with Gasteiger partial charge in [-0.25, -0.2) is 0 Å². The molecule has 1 aliphatic heterocycles. The highest BCUT2D eigenvalue weighted by molar-refractivity contribution is 5.22. The summed E-state index contributed by atoms with van der Waals surface area (Å²) in [4.78, 5) is 2.61. The van der Waals surface area contributed by atoms with E-state index < -0.39 is 0 Å². The number of nitrogens with one attached hydrogen (secondary N) is 1. The van der Waals surface area contributed by atoms with Gasteiger partial charge in [0, 0.05) is 24.0 Å². The molecular weight excluding hydrogens is 232 g/mol. The van der Waals surface area contributed by atoms with E-state index in [9.17, 15) is 0 Å². The van der Waals surface area contributed by atoms with Crippen LogP contribution in [0.4, 0.5) is 0 Å². The molecule has 2 heteroatoms. The molecule has 1 fully saturated rings. The maximum Gasteiger partial charge on any atom is 0.0264 e. The fourth-order valence-corrected chi connectivity index (χ4v) is 3.13. The van der Waals surface area contributed by atoms with Gasteiger partial charge in [-0.05, 0) is 45.8 Å². The number of rotatable bonds is 3. The van der Waals surface area contributed by atoms with Crippen molar-refractivity contribution in [2.24, 2.45) is 0 Å². The van der Waals surface area contributed by atoms with E-state index in [-0.39, 0.29) is 5.54 Å². The van der Waals surface area contributed by atoms with Crippen LogP contribution in [0.25, 0.3) is 0 Å². The van der Waals surface area contributed by atoms with Gasteiger partial charge in [0.1, 0.15) is 0 Å². The average molecular weight is 260 g/mol. The van der Waals surface area contributed by atoms with Gasteiger partial charge in [0.25, 0.3) is 0 Å². The van der Waals surface area contributed by atoms with Gasteiger partial charge >= 0.3 is 0 Å². The summed E-state index contributed by atoms with van der Waals surface area (Å²) >= 11 is 0. The molecule has 2 atom stereocenters. The second kappa shape index (κ2) is 6.06. The largest absolute Gasteiger partial charge is 0.312 e. The number of hydrogen-bond acceptors (Lipinski definition) is 2. The van der Waals surface area contributed by atoms with Crippen LogP contribution in [0.2, 0.25) is 0 Å². The van der Waals surface area contributed by atoms with E-state index in [0.29, 0.717) is 12.0 Å². The molecule has 0 radical (unpaired) electrons. The highest BCUT2D eigenvalue weighted by Crippen LogP contribution is 2.31. The molecule has 0 saturated carbocycles. The zero-order chi connectivity index (χ0) is 13.9. The van der Waals surface area contributed by atoms with Gasteiger partial charge in [-0.15, -0.1) is 0 Å². The van der Waals surface area contributed by atoms with Gasteiger partial charge in [0.2, 0.25) is 0 Å². The second-order valence-corrected chi connectivity index (χ2v) is 6.59. The van der Waals surface area contributed by atoms with E-state index in [0.717, 1.165) is 13.1 Å². The molecule has 2 rings (SSSR count). The molecule has 0 unspecified atom stereocenters. The molecule has 1 heterocycles. The molecule has 0 amide bonds. The van der Waals surface area contributed by atoms with Crippen molar-refractivity contribution in [3.05, 3.63) is 35.9 Å². The Morgan fingerprint density at radius 3 is 2.47 bits per heavy atom. The lowest BCUT2D eigenvalue weighted by Crippen LogP contribution is -2.55. The zero-order valence-corrected chi connectivity index (χ0v) is 12.8. The maximum absolute atomic E-state index is 3.69. The molecule has 1 saturated heterocycles. The van der Waals surface area contributed by atoms with Crippen LogP contribution < -0.4 is 5.32 Å². The number of nitrogens with zero attached hydrogens (tertiary/aromatic N) is 1. The van der Waals surface area contributed by atoms with Crippen molar-refractivity contribution in [1.29, 1.82) is 0 Å². The Morgan fingerprint density at radius 1 is 1.21 bits per heavy atom. The summed E-state index contributed by atoms with van der Waals surface area (Å²) in [5.41, 5.74) is 1.76. The van der Waals surface area contributed by atoms with Crippen molar-refractivity contribution in [3.63, 3.8) is 0 Å². The lowest BCUT2D eigenvalue weighted by Gasteiger charge is -2.45. The summed E-state index contributed by atoms with van der Waals surface area (Å²) in [6.45, 7) is 12.6. The lowest BCUT2D eigenvalue weighted by atomic mass is 9.83. The minimum absolute atomic E-state index is 0.273. The standard InChI is InChI=1S/C17H28N2/c1-5-18-16-13-19(17(2,3)4)12-11-15(16)14-9-7-6-8-10-14/h6-10,15-16,18H,5,11-13H2,1-4H3/t15-,16+/m1/s1. The van der Waals surface area contributed by atoms with E-state index in [4.69, 9.17) is 0 Å². The van der Waals surface area contributed by atoms with Crippen LogP contribution in [-0.4, -0.2) is 36.1 Å². The summed E-state index contributed by atoms with van der Waals surface area (Å²) in [5.74, 6) is 0.653. The quantitative estimate of drug-likeness (QED) is 0.897. The third kappa shape index (κ3) is 3.58. The molecule has 0 aromatic heterocycles. The Morgan fingerprint density at radius 2 is 1.89 bits per heavy atom. The molecule has 1 aromatic carbocycles. The number of hydrogen-bond donors (Lipinski definition) is 1. The fourth-order valence-electron chi connectivity index (χ4n) is 3.13. The first-order valence-electron chi connectivity index (χ1n) is 7.55. The van der Waals surface area contributed by atoms with Crippen molar-refractivity contribution in [2.45, 2.75) is 51.6 Å². The Kier molecular flexibility index (Phi) is 4.64. The summed E-state index contributed by atoms with van der Waals surface area (Å²) < 4.78 is 0. The summed E-state index contributed by atoms with van der Waals surface area (Å²) in [5, 5.41) is 3.69. The molecule has 0 bridgehead atoms. The maximum atomic E-state index is 3.69. The van der Waals surface area contributed by atoms with Crippen molar-refractivity contribution in [3.8, 4) is 0 Å². The SMILES string of the molecule is CCN[C@H]1CN(C(C)(C)C)CC[C@@H]1c1ccccc1. The molecule has 106 valence electrons. The third-order valence-corrected chi connectivity index (χ3v) is 4.26. The molecule has 19 heavy (non-hydrogen) atoms. The Balaban J connectivity index is 2.13. The smallest absolute Gasteiger partial charge is 0.0264 e. The first-order valence-corrected chi connectivity index (χ1v) is 7.55. The van der Waals surface area contributed by atoms with Crippen LogP contribution in [0.3, 0.4) is 0 Å². The zero-order valence-electron chi connectivity index (χ0n) is 12.8. The van der Waals surface area contributed by atoms with E-state index in [1.807, 2.05) is 0 Å². The van der Waals surface area contributed by atoms with Crippen LogP contribution in [0.1, 0.15) is 45.6 Å². The van der Waals surface area contributed by atoms with E-state index in [2.05, 4.69) is 68.2 Å². The van der Waals surface area contributed by atoms with Gasteiger partial charge in [0.15, 0.2) is 0 Å². The van der Waals surface area contributed by atoms with Gasteiger partial charge in [0.05, 0.1) is 0 Å². The average Bonchev–Trinajstić information content (AvgIpc) is 2.39. The molecule has 1 N–H and O–H groups in total. The monoisotopic (exact) mass is 260 g/mol. The van der Waals surface area contributed by atoms with Crippen LogP contribution >= 0.6 is 0 Å². The van der Waals surface area contributed by atoms with Crippen molar-refractivity contribution < 1.29 is 0 Å². The summed E-state index contributed by atoms with van der Waals surface area (Å²) in [6, 6.07) is 11.6. The number of likely N-dealkylation sites (N-methyl/N-ethyl adjacent to an activating group) is 1. The second-order valence-electron chi connectivity index (χ2n) is 6.59. The van der Waals surface area contributed by atoms with Crippen molar-refractivity contribution in [1.82, 2.24) is 10.2 Å². The minimum atomic E-state index is 0.273. The predicted octanol–water partition coefficient (Wildman–Crippen LogP) is 3.25. The number of piperidine rings is 1. The molecule has 0 aliphatic carbocycles. The fraction of sp³-hybridized carbons (Fsp3) is 0.647. The highest BCUT2D eigenvalue weighted by Gasteiger charge is 2.33. The molecule has 2 nitrogen and oxygen atoms in total. The van der Waals surface area contributed by atoms with E-state index >= 15 is 0 Å². The first-order chi connectivity index (χ1) is 9.02. The highest BCUT2D eigenvalue weighted by atomic mass is 15.2. The lowest BCUT2D eigenvalue weighted by molar-refractivity contribution is 0.0807. The number of likely N-dealkylation sites (tertiary alicyclic amines) is 1. The van der Waals surface area contributed by atoms with Crippen molar-refractivity contribution >= 4 is 0 Å². The van der Waals surface area contributed by atoms with Gasteiger partial charge in [-0.1, -0.05) is 37.3 Å².